The van der Waals surface area contributed by atoms with Crippen molar-refractivity contribution in [2.24, 2.45) is 4.99 Å². The number of nitrogens with one attached hydrogen (secondary N) is 1. The van der Waals surface area contributed by atoms with Gasteiger partial charge in [0, 0.05) is 23.5 Å². The number of hydrogen-bond acceptors (Lipinski definition) is 4. The van der Waals surface area contributed by atoms with Crippen LogP contribution in [0.25, 0.3) is 21.9 Å². The van der Waals surface area contributed by atoms with Crippen molar-refractivity contribution in [3.63, 3.8) is 0 Å². The number of aliphatic imine (C=N–C) groups is 1. The Morgan fingerprint density at radius 1 is 0.879 bits per heavy atom. The van der Waals surface area contributed by atoms with Crippen molar-refractivity contribution in [1.82, 2.24) is 9.88 Å². The zero-order valence-electron chi connectivity index (χ0n) is 18.5. The monoisotopic (exact) mass is 437 g/mol. The highest BCUT2D eigenvalue weighted by molar-refractivity contribution is 6.03. The molecule has 166 valence electrons. The number of piperidine rings is 1. The van der Waals surface area contributed by atoms with Crippen LogP contribution >= 0.6 is 0 Å². The van der Waals surface area contributed by atoms with Crippen molar-refractivity contribution >= 4 is 22.7 Å². The van der Waals surface area contributed by atoms with Crippen LogP contribution < -0.4 is 5.56 Å². The molecule has 1 aromatic heterocycles. The molecule has 4 aromatic rings. The summed E-state index contributed by atoms with van der Waals surface area (Å²) in [7, 11) is 0. The largest absolute Gasteiger partial charge is 0.494 e. The molecule has 2 heterocycles. The van der Waals surface area contributed by atoms with Crippen molar-refractivity contribution in [1.29, 1.82) is 0 Å². The molecule has 0 atom stereocenters. The van der Waals surface area contributed by atoms with Crippen LogP contribution in [0.3, 0.4) is 0 Å². The highest BCUT2D eigenvalue weighted by atomic mass is 16.3. The van der Waals surface area contributed by atoms with E-state index in [4.69, 9.17) is 0 Å². The molecule has 1 fully saturated rings. The van der Waals surface area contributed by atoms with Crippen LogP contribution in [0.15, 0.2) is 82.6 Å². The van der Waals surface area contributed by atoms with E-state index < -0.39 is 0 Å². The van der Waals surface area contributed by atoms with Gasteiger partial charge < -0.3 is 5.11 Å². The Labute approximate surface area is 193 Å². The highest BCUT2D eigenvalue weighted by Crippen LogP contribution is 2.28. The van der Waals surface area contributed by atoms with Crippen LogP contribution in [-0.4, -0.2) is 34.3 Å². The number of aromatic nitrogens is 1. The number of rotatable bonds is 5. The molecule has 0 bridgehead atoms. The molecule has 2 N–H and O–H groups in total. The van der Waals surface area contributed by atoms with Crippen LogP contribution in [-0.2, 0) is 6.54 Å². The lowest BCUT2D eigenvalue weighted by molar-refractivity contribution is 0.221. The third kappa shape index (κ3) is 4.73. The van der Waals surface area contributed by atoms with Crippen LogP contribution in [0.5, 0.6) is 5.88 Å². The zero-order chi connectivity index (χ0) is 22.6. The molecule has 5 rings (SSSR count). The summed E-state index contributed by atoms with van der Waals surface area (Å²) in [4.78, 5) is 22.0. The molecule has 5 heteroatoms. The molecule has 3 aromatic carbocycles. The Hall–Kier alpha value is -3.70. The van der Waals surface area contributed by atoms with Gasteiger partial charge in [0.05, 0.1) is 11.3 Å². The van der Waals surface area contributed by atoms with Crippen molar-refractivity contribution in [3.05, 3.63) is 94.3 Å². The number of hydrogen-bond donors (Lipinski definition) is 2. The van der Waals surface area contributed by atoms with Crippen molar-refractivity contribution < 1.29 is 5.11 Å². The average Bonchev–Trinajstić information content (AvgIpc) is 2.86. The number of aromatic amines is 1. The molecule has 0 radical (unpaired) electrons. The molecule has 1 aliphatic rings. The summed E-state index contributed by atoms with van der Waals surface area (Å²) >= 11 is 0. The molecular weight excluding hydrogens is 410 g/mol. The van der Waals surface area contributed by atoms with E-state index in [9.17, 15) is 9.90 Å². The molecule has 0 unspecified atom stereocenters. The van der Waals surface area contributed by atoms with Gasteiger partial charge >= 0.3 is 0 Å². The normalized spacial score (nSPS) is 14.8. The number of H-pyrrole nitrogens is 1. The maximum absolute atomic E-state index is 12.4. The Bertz CT molecular complexity index is 1340. The maximum Gasteiger partial charge on any atom is 0.258 e. The second kappa shape index (κ2) is 9.43. The fraction of sp³-hybridized carbons (Fsp3) is 0.214. The van der Waals surface area contributed by atoms with Gasteiger partial charge in [0.2, 0.25) is 5.88 Å². The number of fused-ring (bicyclic) bond motifs is 1. The van der Waals surface area contributed by atoms with E-state index in [0.29, 0.717) is 16.3 Å². The van der Waals surface area contributed by atoms with Gasteiger partial charge in [-0.2, -0.15) is 0 Å². The Morgan fingerprint density at radius 2 is 1.64 bits per heavy atom. The third-order valence-corrected chi connectivity index (χ3v) is 6.28. The minimum absolute atomic E-state index is 0.178. The summed E-state index contributed by atoms with van der Waals surface area (Å²) in [5.74, 6) is -0.178. The topological polar surface area (TPSA) is 68.7 Å². The van der Waals surface area contributed by atoms with E-state index in [0.717, 1.165) is 23.4 Å². The summed E-state index contributed by atoms with van der Waals surface area (Å²) in [5, 5.41) is 11.7. The quantitative estimate of drug-likeness (QED) is 0.397. The third-order valence-electron chi connectivity index (χ3n) is 6.28. The summed E-state index contributed by atoms with van der Waals surface area (Å²) < 4.78 is 0. The number of benzene rings is 3. The second-order valence-corrected chi connectivity index (χ2v) is 8.60. The van der Waals surface area contributed by atoms with E-state index in [-0.39, 0.29) is 11.4 Å². The number of likely N-dealkylation sites (tertiary alicyclic amines) is 1. The first-order valence-electron chi connectivity index (χ1n) is 11.5. The van der Waals surface area contributed by atoms with Gasteiger partial charge in [0.25, 0.3) is 5.56 Å². The van der Waals surface area contributed by atoms with Gasteiger partial charge in [-0.3, -0.25) is 19.7 Å². The number of pyridine rings is 1. The van der Waals surface area contributed by atoms with Crippen molar-refractivity contribution in [2.45, 2.75) is 25.8 Å². The second-order valence-electron chi connectivity index (χ2n) is 8.60. The predicted octanol–water partition coefficient (Wildman–Crippen LogP) is 5.64. The SMILES string of the molecule is O=c1[nH]c(O)c(C=Nc2ccc(CN3CCCCC3)cc2)c2cc(-c3ccccc3)ccc12. The summed E-state index contributed by atoms with van der Waals surface area (Å²) in [6, 6.07) is 23.8. The zero-order valence-corrected chi connectivity index (χ0v) is 18.5. The minimum Gasteiger partial charge on any atom is -0.494 e. The molecule has 0 spiro atoms. The predicted molar refractivity (Wildman–Crippen MR) is 134 cm³/mol. The smallest absolute Gasteiger partial charge is 0.258 e. The average molecular weight is 438 g/mol. The lowest BCUT2D eigenvalue weighted by Crippen LogP contribution is -2.28. The first-order valence-corrected chi connectivity index (χ1v) is 11.5. The minimum atomic E-state index is -0.318. The molecule has 0 saturated carbocycles. The lowest BCUT2D eigenvalue weighted by atomic mass is 10.00. The van der Waals surface area contributed by atoms with E-state index in [2.05, 4.69) is 27.0 Å². The van der Waals surface area contributed by atoms with Gasteiger partial charge in [-0.05, 0) is 66.9 Å². The standard InChI is InChI=1S/C28H27N3O2/c32-27-24-14-11-22(21-7-3-1-4-8-21)17-25(24)26(28(33)30-27)18-29-23-12-9-20(10-13-23)19-31-15-5-2-6-16-31/h1,3-4,7-14,17-18H,2,5-6,15-16,19H2,(H2,30,32,33). The van der Waals surface area contributed by atoms with Gasteiger partial charge in [0.1, 0.15) is 0 Å². The van der Waals surface area contributed by atoms with Gasteiger partial charge in [-0.1, -0.05) is 55.0 Å². The van der Waals surface area contributed by atoms with Crippen LogP contribution in [0.2, 0.25) is 0 Å². The van der Waals surface area contributed by atoms with Crippen LogP contribution in [0.1, 0.15) is 30.4 Å². The maximum atomic E-state index is 12.4. The first-order chi connectivity index (χ1) is 16.2. The van der Waals surface area contributed by atoms with Crippen molar-refractivity contribution in [3.8, 4) is 17.0 Å². The first kappa shape index (κ1) is 21.2. The van der Waals surface area contributed by atoms with Crippen LogP contribution in [0.4, 0.5) is 5.69 Å². The fourth-order valence-corrected chi connectivity index (χ4v) is 4.48. The molecule has 1 aliphatic heterocycles. The summed E-state index contributed by atoms with van der Waals surface area (Å²) in [6.07, 6.45) is 5.53. The Morgan fingerprint density at radius 3 is 2.39 bits per heavy atom. The van der Waals surface area contributed by atoms with E-state index in [1.165, 1.54) is 37.9 Å². The summed E-state index contributed by atoms with van der Waals surface area (Å²) in [6.45, 7) is 3.31. The van der Waals surface area contributed by atoms with E-state index in [1.54, 1.807) is 12.3 Å². The van der Waals surface area contributed by atoms with Crippen LogP contribution in [0, 0.1) is 0 Å². The molecule has 0 aliphatic carbocycles. The van der Waals surface area contributed by atoms with Gasteiger partial charge in [-0.25, -0.2) is 0 Å². The number of aromatic hydroxyl groups is 1. The van der Waals surface area contributed by atoms with Gasteiger partial charge in [-0.15, -0.1) is 0 Å². The Balaban J connectivity index is 1.44. The Kier molecular flexibility index (Phi) is 6.05. The van der Waals surface area contributed by atoms with Crippen molar-refractivity contribution in [2.75, 3.05) is 13.1 Å². The molecule has 33 heavy (non-hydrogen) atoms. The highest BCUT2D eigenvalue weighted by Gasteiger charge is 2.12. The van der Waals surface area contributed by atoms with Gasteiger partial charge in [0.15, 0.2) is 0 Å². The van der Waals surface area contributed by atoms with E-state index in [1.807, 2.05) is 54.6 Å². The molecular formula is C28H27N3O2. The number of nitrogens with zero attached hydrogens (tertiary/aromatic N) is 2. The molecule has 1 saturated heterocycles. The lowest BCUT2D eigenvalue weighted by Gasteiger charge is -2.26. The fourth-order valence-electron chi connectivity index (χ4n) is 4.48. The van der Waals surface area contributed by atoms with E-state index >= 15 is 0 Å². The molecule has 0 amide bonds. The molecule has 5 nitrogen and oxygen atoms in total. The summed E-state index contributed by atoms with van der Waals surface area (Å²) in [5.41, 5.74) is 4.29.